The molecule has 0 aliphatic heterocycles. The van der Waals surface area contributed by atoms with Gasteiger partial charge >= 0.3 is 0 Å². The van der Waals surface area contributed by atoms with Gasteiger partial charge in [0, 0.05) is 20.1 Å². The van der Waals surface area contributed by atoms with Crippen LogP contribution in [0.2, 0.25) is 5.28 Å². The quantitative estimate of drug-likeness (QED) is 0.751. The van der Waals surface area contributed by atoms with Crippen molar-refractivity contribution in [2.75, 3.05) is 43.9 Å². The van der Waals surface area contributed by atoms with Gasteiger partial charge in [-0.1, -0.05) is 13.8 Å². The number of rotatable bonds is 8. The van der Waals surface area contributed by atoms with E-state index in [0.29, 0.717) is 11.9 Å². The van der Waals surface area contributed by atoms with Gasteiger partial charge in [0.2, 0.25) is 17.2 Å². The molecular weight excluding hydrogens is 252 g/mol. The van der Waals surface area contributed by atoms with Crippen molar-refractivity contribution in [3.8, 4) is 0 Å². The first kappa shape index (κ1) is 14.9. The van der Waals surface area contributed by atoms with E-state index in [1.165, 1.54) is 0 Å². The molecule has 0 atom stereocenters. The molecule has 0 spiro atoms. The summed E-state index contributed by atoms with van der Waals surface area (Å²) in [5, 5.41) is 6.19. The third kappa shape index (κ3) is 5.01. The first-order chi connectivity index (χ1) is 8.69. The maximum Gasteiger partial charge on any atom is 0.228 e. The van der Waals surface area contributed by atoms with Crippen molar-refractivity contribution in [1.82, 2.24) is 19.9 Å². The van der Waals surface area contributed by atoms with Gasteiger partial charge in [-0.25, -0.2) is 0 Å². The highest BCUT2D eigenvalue weighted by Crippen LogP contribution is 2.08. The van der Waals surface area contributed by atoms with E-state index in [2.05, 4.69) is 44.3 Å². The molecule has 18 heavy (non-hydrogen) atoms. The number of anilines is 2. The highest BCUT2D eigenvalue weighted by molar-refractivity contribution is 6.28. The minimum atomic E-state index is 0.192. The summed E-state index contributed by atoms with van der Waals surface area (Å²) in [6, 6.07) is 0. The van der Waals surface area contributed by atoms with E-state index in [1.54, 1.807) is 7.05 Å². The van der Waals surface area contributed by atoms with Crippen LogP contribution >= 0.6 is 11.6 Å². The van der Waals surface area contributed by atoms with Crippen LogP contribution in [0.15, 0.2) is 0 Å². The summed E-state index contributed by atoms with van der Waals surface area (Å²) in [6.07, 6.45) is 1.16. The Bertz CT molecular complexity index is 359. The second-order valence-electron chi connectivity index (χ2n) is 3.86. The maximum absolute atomic E-state index is 5.79. The summed E-state index contributed by atoms with van der Waals surface area (Å²) in [7, 11) is 1.75. The van der Waals surface area contributed by atoms with Crippen LogP contribution in [-0.4, -0.2) is 53.1 Å². The van der Waals surface area contributed by atoms with Crippen LogP contribution in [0.25, 0.3) is 0 Å². The molecule has 1 rings (SSSR count). The summed E-state index contributed by atoms with van der Waals surface area (Å²) < 4.78 is 0. The van der Waals surface area contributed by atoms with Gasteiger partial charge in [0.1, 0.15) is 0 Å². The topological polar surface area (TPSA) is 66.0 Å². The Kier molecular flexibility index (Phi) is 6.67. The molecule has 7 heteroatoms. The van der Waals surface area contributed by atoms with Crippen LogP contribution in [0.4, 0.5) is 11.9 Å². The van der Waals surface area contributed by atoms with Gasteiger partial charge in [-0.05, 0) is 31.1 Å². The lowest BCUT2D eigenvalue weighted by Crippen LogP contribution is -2.30. The monoisotopic (exact) mass is 272 g/mol. The molecule has 0 saturated carbocycles. The van der Waals surface area contributed by atoms with Crippen molar-refractivity contribution in [3.05, 3.63) is 5.28 Å². The third-order valence-corrected chi connectivity index (χ3v) is 2.70. The standard InChI is InChI=1S/C11H21ClN6/c1-4-7-18(5-2)8-6-14-11-16-9(12)15-10(13-3)17-11/h4-8H2,1-3H3,(H2,13,14,15,16,17). The Balaban J connectivity index is 2.45. The van der Waals surface area contributed by atoms with Crippen molar-refractivity contribution >= 4 is 23.5 Å². The molecular formula is C11H21ClN6. The highest BCUT2D eigenvalue weighted by Gasteiger charge is 2.04. The Morgan fingerprint density at radius 3 is 2.44 bits per heavy atom. The van der Waals surface area contributed by atoms with E-state index in [9.17, 15) is 0 Å². The Hall–Kier alpha value is -1.14. The molecule has 0 saturated heterocycles. The van der Waals surface area contributed by atoms with Gasteiger partial charge in [0.05, 0.1) is 0 Å². The normalized spacial score (nSPS) is 10.7. The van der Waals surface area contributed by atoms with Crippen molar-refractivity contribution in [2.45, 2.75) is 20.3 Å². The summed E-state index contributed by atoms with van der Waals surface area (Å²) in [5.41, 5.74) is 0. The number of hydrogen-bond donors (Lipinski definition) is 2. The van der Waals surface area contributed by atoms with E-state index in [4.69, 9.17) is 11.6 Å². The molecule has 0 radical (unpaired) electrons. The number of hydrogen-bond acceptors (Lipinski definition) is 6. The molecule has 1 heterocycles. The largest absolute Gasteiger partial charge is 0.357 e. The molecule has 0 unspecified atom stereocenters. The fourth-order valence-corrected chi connectivity index (χ4v) is 1.77. The zero-order valence-corrected chi connectivity index (χ0v) is 12.0. The molecule has 0 aliphatic carbocycles. The van der Waals surface area contributed by atoms with Gasteiger partial charge < -0.3 is 15.5 Å². The number of aromatic nitrogens is 3. The van der Waals surface area contributed by atoms with Crippen molar-refractivity contribution in [3.63, 3.8) is 0 Å². The number of nitrogens with one attached hydrogen (secondary N) is 2. The fraction of sp³-hybridized carbons (Fsp3) is 0.727. The maximum atomic E-state index is 5.79. The predicted molar refractivity (Wildman–Crippen MR) is 75.3 cm³/mol. The average molecular weight is 273 g/mol. The van der Waals surface area contributed by atoms with Gasteiger partial charge in [0.15, 0.2) is 0 Å². The molecule has 1 aromatic heterocycles. The van der Waals surface area contributed by atoms with E-state index >= 15 is 0 Å². The highest BCUT2D eigenvalue weighted by atomic mass is 35.5. The first-order valence-corrected chi connectivity index (χ1v) is 6.63. The van der Waals surface area contributed by atoms with Crippen molar-refractivity contribution in [1.29, 1.82) is 0 Å². The minimum Gasteiger partial charge on any atom is -0.357 e. The molecule has 0 aliphatic rings. The van der Waals surface area contributed by atoms with E-state index in [0.717, 1.165) is 32.6 Å². The Labute approximate surface area is 113 Å². The summed E-state index contributed by atoms with van der Waals surface area (Å²) in [5.74, 6) is 0.977. The number of likely N-dealkylation sites (N-methyl/N-ethyl adjacent to an activating group) is 1. The SMILES string of the molecule is CCCN(CC)CCNc1nc(Cl)nc(NC)n1. The molecule has 102 valence electrons. The van der Waals surface area contributed by atoms with Gasteiger partial charge in [-0.3, -0.25) is 0 Å². The zero-order valence-electron chi connectivity index (χ0n) is 11.2. The Morgan fingerprint density at radius 1 is 1.11 bits per heavy atom. The first-order valence-electron chi connectivity index (χ1n) is 6.25. The van der Waals surface area contributed by atoms with E-state index < -0.39 is 0 Å². The smallest absolute Gasteiger partial charge is 0.228 e. The molecule has 0 aromatic carbocycles. The molecule has 0 bridgehead atoms. The molecule has 0 amide bonds. The lowest BCUT2D eigenvalue weighted by molar-refractivity contribution is 0.300. The van der Waals surface area contributed by atoms with Gasteiger partial charge in [-0.2, -0.15) is 15.0 Å². The third-order valence-electron chi connectivity index (χ3n) is 2.53. The van der Waals surface area contributed by atoms with Crippen LogP contribution < -0.4 is 10.6 Å². The molecule has 0 fully saturated rings. The molecule has 1 aromatic rings. The fourth-order valence-electron chi connectivity index (χ4n) is 1.61. The summed E-state index contributed by atoms with van der Waals surface area (Å²) >= 11 is 5.79. The Morgan fingerprint density at radius 2 is 1.83 bits per heavy atom. The second-order valence-corrected chi connectivity index (χ2v) is 4.20. The van der Waals surface area contributed by atoms with Gasteiger partial charge in [0.25, 0.3) is 0 Å². The van der Waals surface area contributed by atoms with Crippen LogP contribution in [-0.2, 0) is 0 Å². The second kappa shape index (κ2) is 8.05. The number of nitrogens with zero attached hydrogens (tertiary/aromatic N) is 4. The number of halogens is 1. The summed E-state index contributed by atoms with van der Waals surface area (Å²) in [6.45, 7) is 8.25. The van der Waals surface area contributed by atoms with Crippen molar-refractivity contribution in [2.24, 2.45) is 0 Å². The van der Waals surface area contributed by atoms with Crippen LogP contribution in [0.3, 0.4) is 0 Å². The zero-order chi connectivity index (χ0) is 13.4. The summed E-state index contributed by atoms with van der Waals surface area (Å²) in [4.78, 5) is 14.5. The molecule has 2 N–H and O–H groups in total. The molecule has 6 nitrogen and oxygen atoms in total. The van der Waals surface area contributed by atoms with Gasteiger partial charge in [-0.15, -0.1) is 0 Å². The minimum absolute atomic E-state index is 0.192. The lowest BCUT2D eigenvalue weighted by Gasteiger charge is -2.19. The van der Waals surface area contributed by atoms with Crippen LogP contribution in [0, 0.1) is 0 Å². The van der Waals surface area contributed by atoms with E-state index in [-0.39, 0.29) is 5.28 Å². The van der Waals surface area contributed by atoms with E-state index in [1.807, 2.05) is 0 Å². The van der Waals surface area contributed by atoms with Crippen LogP contribution in [0.1, 0.15) is 20.3 Å². The lowest BCUT2D eigenvalue weighted by atomic mass is 10.4. The van der Waals surface area contributed by atoms with Crippen LogP contribution in [0.5, 0.6) is 0 Å². The average Bonchev–Trinajstić information content (AvgIpc) is 2.37. The van der Waals surface area contributed by atoms with Crippen molar-refractivity contribution < 1.29 is 0 Å². The predicted octanol–water partition coefficient (Wildman–Crippen LogP) is 1.71.